The van der Waals surface area contributed by atoms with Gasteiger partial charge in [-0.3, -0.25) is 4.90 Å². The van der Waals surface area contributed by atoms with Crippen molar-refractivity contribution >= 4 is 22.6 Å². The van der Waals surface area contributed by atoms with Crippen molar-refractivity contribution in [2.24, 2.45) is 5.92 Å². The molecule has 1 unspecified atom stereocenters. The largest absolute Gasteiger partial charge is 0.341 e. The molecule has 0 amide bonds. The quantitative estimate of drug-likeness (QED) is 0.917. The zero-order chi connectivity index (χ0) is 14.4. The van der Waals surface area contributed by atoms with Gasteiger partial charge in [0.25, 0.3) is 0 Å². The summed E-state index contributed by atoms with van der Waals surface area (Å²) in [6.07, 6.45) is 6.41. The number of fused-ring (bicyclic) bond motifs is 1. The Labute approximate surface area is 128 Å². The topological polar surface area (TPSA) is 31.9 Å². The fraction of sp³-hybridized carbons (Fsp3) is 0.562. The first-order chi connectivity index (χ1) is 10.2. The molecule has 0 radical (unpaired) electrons. The van der Waals surface area contributed by atoms with Gasteiger partial charge in [-0.25, -0.2) is 9.37 Å². The summed E-state index contributed by atoms with van der Waals surface area (Å²) in [6, 6.07) is 3.43. The number of imidazole rings is 1. The Morgan fingerprint density at radius 3 is 2.71 bits per heavy atom. The number of nitrogens with one attached hydrogen (secondary N) is 1. The van der Waals surface area contributed by atoms with Gasteiger partial charge in [0.1, 0.15) is 11.6 Å². The van der Waals surface area contributed by atoms with Crippen LogP contribution in [0.3, 0.4) is 0 Å². The minimum atomic E-state index is -0.389. The number of aromatic amines is 1. The van der Waals surface area contributed by atoms with E-state index in [2.05, 4.69) is 9.88 Å². The van der Waals surface area contributed by atoms with E-state index in [1.54, 1.807) is 6.07 Å². The molecular weight excluding hydrogens is 289 g/mol. The lowest BCUT2D eigenvalue weighted by Gasteiger charge is -2.33. The summed E-state index contributed by atoms with van der Waals surface area (Å²) in [7, 11) is 0. The zero-order valence-electron chi connectivity index (χ0n) is 11.9. The highest BCUT2D eigenvalue weighted by molar-refractivity contribution is 6.31. The highest BCUT2D eigenvalue weighted by atomic mass is 35.5. The molecule has 112 valence electrons. The van der Waals surface area contributed by atoms with Crippen LogP contribution in [-0.2, 0) is 0 Å². The van der Waals surface area contributed by atoms with Crippen molar-refractivity contribution in [1.29, 1.82) is 0 Å². The first kappa shape index (κ1) is 13.5. The third-order valence-electron chi connectivity index (χ3n) is 4.67. The van der Waals surface area contributed by atoms with Gasteiger partial charge in [0.05, 0.1) is 22.1 Å². The minimum absolute atomic E-state index is 0.140. The summed E-state index contributed by atoms with van der Waals surface area (Å²) in [6.45, 7) is 2.29. The van der Waals surface area contributed by atoms with Crippen molar-refractivity contribution in [1.82, 2.24) is 14.9 Å². The molecule has 5 heteroatoms. The van der Waals surface area contributed by atoms with E-state index >= 15 is 0 Å². The Morgan fingerprint density at radius 2 is 2.00 bits per heavy atom. The zero-order valence-corrected chi connectivity index (χ0v) is 12.7. The molecule has 1 aliphatic carbocycles. The van der Waals surface area contributed by atoms with Crippen molar-refractivity contribution in [2.75, 3.05) is 13.1 Å². The summed E-state index contributed by atoms with van der Waals surface area (Å²) < 4.78 is 13.6. The predicted molar refractivity (Wildman–Crippen MR) is 82.0 cm³/mol. The average molecular weight is 308 g/mol. The lowest BCUT2D eigenvalue weighted by molar-refractivity contribution is 0.141. The van der Waals surface area contributed by atoms with Crippen LogP contribution < -0.4 is 0 Å². The van der Waals surface area contributed by atoms with Crippen molar-refractivity contribution in [3.05, 3.63) is 28.8 Å². The molecule has 0 spiro atoms. The molecule has 2 aromatic rings. The van der Waals surface area contributed by atoms with Crippen molar-refractivity contribution < 1.29 is 4.39 Å². The van der Waals surface area contributed by atoms with Gasteiger partial charge in [0, 0.05) is 6.07 Å². The van der Waals surface area contributed by atoms with Gasteiger partial charge < -0.3 is 4.98 Å². The van der Waals surface area contributed by atoms with Crippen LogP contribution in [-0.4, -0.2) is 28.0 Å². The maximum absolute atomic E-state index is 13.6. The molecule has 1 saturated heterocycles. The molecule has 2 aliphatic rings. The normalized spacial score (nSPS) is 21.8. The van der Waals surface area contributed by atoms with Crippen molar-refractivity contribution in [2.45, 2.75) is 38.1 Å². The molecule has 1 saturated carbocycles. The smallest absolute Gasteiger partial charge is 0.144 e. The number of benzene rings is 1. The van der Waals surface area contributed by atoms with E-state index in [-0.39, 0.29) is 10.8 Å². The van der Waals surface area contributed by atoms with Crippen molar-refractivity contribution in [3.63, 3.8) is 0 Å². The number of piperidine rings is 1. The molecule has 2 fully saturated rings. The minimum Gasteiger partial charge on any atom is -0.341 e. The molecule has 2 heterocycles. The lowest BCUT2D eigenvalue weighted by atomic mass is 10.0. The SMILES string of the molecule is Fc1cc2[nH]c(C(C3CC3)N3CCCCC3)nc2cc1Cl. The lowest BCUT2D eigenvalue weighted by Crippen LogP contribution is -2.35. The van der Waals surface area contributed by atoms with Gasteiger partial charge in [0.2, 0.25) is 0 Å². The Morgan fingerprint density at radius 1 is 1.24 bits per heavy atom. The highest BCUT2D eigenvalue weighted by Crippen LogP contribution is 2.44. The number of hydrogen-bond donors (Lipinski definition) is 1. The Balaban J connectivity index is 1.71. The van der Waals surface area contributed by atoms with Crippen LogP contribution in [0.5, 0.6) is 0 Å². The van der Waals surface area contributed by atoms with Crippen LogP contribution in [0.1, 0.15) is 44.0 Å². The Kier molecular flexibility index (Phi) is 3.38. The van der Waals surface area contributed by atoms with E-state index in [1.165, 1.54) is 38.2 Å². The van der Waals surface area contributed by atoms with Gasteiger partial charge in [-0.1, -0.05) is 18.0 Å². The van der Waals surface area contributed by atoms with Crippen LogP contribution in [0.25, 0.3) is 11.0 Å². The predicted octanol–water partition coefficient (Wildman–Crippen LogP) is 4.29. The van der Waals surface area contributed by atoms with Crippen LogP contribution in [0.4, 0.5) is 4.39 Å². The average Bonchev–Trinajstić information content (AvgIpc) is 3.23. The molecule has 21 heavy (non-hydrogen) atoms. The van der Waals surface area contributed by atoms with Crippen LogP contribution >= 0.6 is 11.6 Å². The summed E-state index contributed by atoms with van der Waals surface area (Å²) >= 11 is 5.86. The van der Waals surface area contributed by atoms with Gasteiger partial charge >= 0.3 is 0 Å². The van der Waals surface area contributed by atoms with E-state index in [4.69, 9.17) is 16.6 Å². The number of aromatic nitrogens is 2. The molecule has 0 bridgehead atoms. The molecule has 3 nitrogen and oxygen atoms in total. The van der Waals surface area contributed by atoms with Crippen LogP contribution in [0.15, 0.2) is 12.1 Å². The maximum Gasteiger partial charge on any atom is 0.144 e. The van der Waals surface area contributed by atoms with Crippen LogP contribution in [0.2, 0.25) is 5.02 Å². The van der Waals surface area contributed by atoms with Gasteiger partial charge in [-0.05, 0) is 50.8 Å². The first-order valence-electron chi connectivity index (χ1n) is 7.81. The molecular formula is C16H19ClFN3. The fourth-order valence-corrected chi connectivity index (χ4v) is 3.63. The number of likely N-dealkylation sites (tertiary alicyclic amines) is 1. The number of H-pyrrole nitrogens is 1. The number of halogens is 2. The van der Waals surface area contributed by atoms with E-state index in [0.29, 0.717) is 12.0 Å². The highest BCUT2D eigenvalue weighted by Gasteiger charge is 2.38. The molecule has 1 aromatic heterocycles. The Hall–Kier alpha value is -1.13. The maximum atomic E-state index is 13.6. The molecule has 1 aromatic carbocycles. The fourth-order valence-electron chi connectivity index (χ4n) is 3.47. The van der Waals surface area contributed by atoms with E-state index in [0.717, 1.165) is 29.9 Å². The third kappa shape index (κ3) is 2.55. The van der Waals surface area contributed by atoms with E-state index in [9.17, 15) is 4.39 Å². The summed E-state index contributed by atoms with van der Waals surface area (Å²) in [4.78, 5) is 10.6. The van der Waals surface area contributed by atoms with E-state index < -0.39 is 0 Å². The van der Waals surface area contributed by atoms with Gasteiger partial charge in [0.15, 0.2) is 0 Å². The number of hydrogen-bond acceptors (Lipinski definition) is 2. The monoisotopic (exact) mass is 307 g/mol. The molecule has 4 rings (SSSR count). The van der Waals surface area contributed by atoms with Crippen molar-refractivity contribution in [3.8, 4) is 0 Å². The standard InChI is InChI=1S/C16H19ClFN3/c17-11-8-13-14(9-12(11)18)20-16(19-13)15(10-4-5-10)21-6-2-1-3-7-21/h8-10,15H,1-7H2,(H,19,20). The number of nitrogens with zero attached hydrogens (tertiary/aromatic N) is 2. The summed E-state index contributed by atoms with van der Waals surface area (Å²) in [5.74, 6) is 1.29. The molecule has 1 aliphatic heterocycles. The summed E-state index contributed by atoms with van der Waals surface area (Å²) in [5.41, 5.74) is 1.51. The molecule has 1 atom stereocenters. The Bertz CT molecular complexity index is 620. The van der Waals surface area contributed by atoms with E-state index in [1.807, 2.05) is 0 Å². The van der Waals surface area contributed by atoms with Gasteiger partial charge in [-0.15, -0.1) is 0 Å². The first-order valence-corrected chi connectivity index (χ1v) is 8.19. The second kappa shape index (κ2) is 5.25. The second-order valence-electron chi connectivity index (χ2n) is 6.28. The summed E-state index contributed by atoms with van der Waals surface area (Å²) in [5, 5.41) is 0.140. The van der Waals surface area contributed by atoms with Crippen LogP contribution in [0, 0.1) is 11.7 Å². The molecule has 1 N–H and O–H groups in total. The third-order valence-corrected chi connectivity index (χ3v) is 4.96. The second-order valence-corrected chi connectivity index (χ2v) is 6.69. The number of rotatable bonds is 3. The van der Waals surface area contributed by atoms with Gasteiger partial charge in [-0.2, -0.15) is 0 Å².